The number of rotatable bonds is 4. The summed E-state index contributed by atoms with van der Waals surface area (Å²) in [4.78, 5) is 17.6. The first-order chi connectivity index (χ1) is 6.83. The number of carbonyl (C=O) groups is 1. The molecule has 1 heterocycles. The Morgan fingerprint density at radius 2 is 2.43 bits per heavy atom. The topological polar surface area (TPSA) is 45.8 Å². The van der Waals surface area contributed by atoms with E-state index < -0.39 is 0 Å². The van der Waals surface area contributed by atoms with Gasteiger partial charge < -0.3 is 4.98 Å². The van der Waals surface area contributed by atoms with Crippen LogP contribution in [0.1, 0.15) is 12.6 Å². The maximum atomic E-state index is 10.8. The van der Waals surface area contributed by atoms with Crippen molar-refractivity contribution in [3.05, 3.63) is 48.6 Å². The zero-order chi connectivity index (χ0) is 10.4. The van der Waals surface area contributed by atoms with Crippen molar-refractivity contribution >= 4 is 11.9 Å². The molecule has 1 aromatic rings. The zero-order valence-corrected chi connectivity index (χ0v) is 8.03. The lowest BCUT2D eigenvalue weighted by Crippen LogP contribution is -1.88. The van der Waals surface area contributed by atoms with E-state index in [9.17, 15) is 4.79 Å². The molecule has 3 heteroatoms. The molecular weight excluding hydrogens is 176 g/mol. The maximum absolute atomic E-state index is 10.8. The molecule has 0 spiro atoms. The third-order valence-corrected chi connectivity index (χ3v) is 1.78. The smallest absolute Gasteiger partial charge is 0.150 e. The summed E-state index contributed by atoms with van der Waals surface area (Å²) >= 11 is 0. The number of nitrogens with zero attached hydrogens (tertiary/aromatic N) is 1. The molecule has 1 N–H and O–H groups in total. The Hall–Kier alpha value is -1.90. The number of hydrogen-bond acceptors (Lipinski definition) is 2. The Morgan fingerprint density at radius 3 is 2.86 bits per heavy atom. The Balaban J connectivity index is 3.23. The van der Waals surface area contributed by atoms with Gasteiger partial charge in [-0.3, -0.25) is 4.79 Å². The minimum absolute atomic E-state index is 0.590. The van der Waals surface area contributed by atoms with Gasteiger partial charge in [-0.05, 0) is 6.92 Å². The number of H-pyrrole nitrogens is 1. The van der Waals surface area contributed by atoms with E-state index in [1.807, 2.05) is 13.0 Å². The third-order valence-electron chi connectivity index (χ3n) is 1.78. The van der Waals surface area contributed by atoms with Crippen molar-refractivity contribution in [2.75, 3.05) is 0 Å². The van der Waals surface area contributed by atoms with E-state index in [2.05, 4.69) is 16.5 Å². The molecule has 0 unspecified atom stereocenters. The van der Waals surface area contributed by atoms with Gasteiger partial charge in [0.15, 0.2) is 6.29 Å². The highest BCUT2D eigenvalue weighted by Gasteiger charge is 2.03. The summed E-state index contributed by atoms with van der Waals surface area (Å²) in [6.45, 7) is 5.53. The fourth-order valence-electron chi connectivity index (χ4n) is 1.16. The molecular formula is C11H12N2O. The molecule has 0 aliphatic rings. The lowest BCUT2D eigenvalue weighted by Gasteiger charge is -2.00. The number of aromatic amines is 1. The molecule has 1 rings (SSSR count). The normalized spacial score (nSPS) is 12.6. The Morgan fingerprint density at radius 1 is 1.64 bits per heavy atom. The minimum atomic E-state index is 0.590. The van der Waals surface area contributed by atoms with E-state index in [0.717, 1.165) is 17.6 Å². The standard InChI is InChI=1S/C11H12N2O/c1-3-5-9(7-14)10(4-2)11-6-12-8-13-11/h3-8H,2H2,1H3,(H,12,13)/b5-3-,10-9-. The van der Waals surface area contributed by atoms with Crippen molar-refractivity contribution in [2.45, 2.75) is 6.92 Å². The second-order valence-electron chi connectivity index (χ2n) is 2.66. The molecule has 0 atom stereocenters. The van der Waals surface area contributed by atoms with E-state index in [-0.39, 0.29) is 0 Å². The van der Waals surface area contributed by atoms with Gasteiger partial charge in [0, 0.05) is 11.1 Å². The fourth-order valence-corrected chi connectivity index (χ4v) is 1.16. The highest BCUT2D eigenvalue weighted by atomic mass is 16.1. The number of aldehydes is 1. The summed E-state index contributed by atoms with van der Waals surface area (Å²) < 4.78 is 0. The van der Waals surface area contributed by atoms with E-state index in [1.165, 1.54) is 0 Å². The number of nitrogens with one attached hydrogen (secondary N) is 1. The summed E-state index contributed by atoms with van der Waals surface area (Å²) in [6.07, 6.45) is 9.21. The second kappa shape index (κ2) is 4.97. The average Bonchev–Trinajstić information content (AvgIpc) is 2.71. The maximum Gasteiger partial charge on any atom is 0.150 e. The van der Waals surface area contributed by atoms with Crippen LogP contribution >= 0.6 is 0 Å². The van der Waals surface area contributed by atoms with E-state index in [0.29, 0.717) is 5.57 Å². The number of hydrogen-bond donors (Lipinski definition) is 1. The Kier molecular flexibility index (Phi) is 3.61. The van der Waals surface area contributed by atoms with Crippen molar-refractivity contribution < 1.29 is 4.79 Å². The van der Waals surface area contributed by atoms with Gasteiger partial charge in [-0.2, -0.15) is 0 Å². The lowest BCUT2D eigenvalue weighted by molar-refractivity contribution is -0.104. The Labute approximate surface area is 82.9 Å². The SMILES string of the molecule is C=C/C(=C(C=O)\C=C/C)c1cnc[nH]1. The van der Waals surface area contributed by atoms with Crippen molar-refractivity contribution in [1.29, 1.82) is 0 Å². The second-order valence-corrected chi connectivity index (χ2v) is 2.66. The molecule has 0 aliphatic carbocycles. The van der Waals surface area contributed by atoms with Crippen LogP contribution in [0, 0.1) is 0 Å². The van der Waals surface area contributed by atoms with Crippen LogP contribution < -0.4 is 0 Å². The van der Waals surface area contributed by atoms with Gasteiger partial charge in [-0.1, -0.05) is 24.8 Å². The van der Waals surface area contributed by atoms with Crippen molar-refractivity contribution in [1.82, 2.24) is 9.97 Å². The molecule has 3 nitrogen and oxygen atoms in total. The first-order valence-corrected chi connectivity index (χ1v) is 4.26. The molecule has 0 radical (unpaired) electrons. The highest BCUT2D eigenvalue weighted by Crippen LogP contribution is 2.16. The monoisotopic (exact) mass is 188 g/mol. The fraction of sp³-hybridized carbons (Fsp3) is 0.0909. The zero-order valence-electron chi connectivity index (χ0n) is 8.03. The summed E-state index contributed by atoms with van der Waals surface area (Å²) in [5.41, 5.74) is 2.14. The molecule has 0 saturated heterocycles. The average molecular weight is 188 g/mol. The highest BCUT2D eigenvalue weighted by molar-refractivity contribution is 5.93. The molecule has 0 aromatic carbocycles. The van der Waals surface area contributed by atoms with Crippen LogP contribution in [0.2, 0.25) is 0 Å². The molecule has 0 aliphatic heterocycles. The van der Waals surface area contributed by atoms with Gasteiger partial charge in [-0.25, -0.2) is 4.98 Å². The molecule has 0 amide bonds. The van der Waals surface area contributed by atoms with E-state index in [1.54, 1.807) is 24.7 Å². The summed E-state index contributed by atoms with van der Waals surface area (Å²) in [7, 11) is 0. The molecule has 0 saturated carbocycles. The van der Waals surface area contributed by atoms with E-state index in [4.69, 9.17) is 0 Å². The molecule has 0 fully saturated rings. The lowest BCUT2D eigenvalue weighted by atomic mass is 10.1. The van der Waals surface area contributed by atoms with Crippen LogP contribution in [0.3, 0.4) is 0 Å². The summed E-state index contributed by atoms with van der Waals surface area (Å²) in [6, 6.07) is 0. The van der Waals surface area contributed by atoms with Crippen LogP contribution in [0.4, 0.5) is 0 Å². The quantitative estimate of drug-likeness (QED) is 0.447. The van der Waals surface area contributed by atoms with Crippen molar-refractivity contribution in [2.24, 2.45) is 0 Å². The minimum Gasteiger partial charge on any atom is -0.345 e. The Bertz CT molecular complexity index is 372. The van der Waals surface area contributed by atoms with Gasteiger partial charge in [0.1, 0.15) is 0 Å². The van der Waals surface area contributed by atoms with Crippen molar-refractivity contribution in [3.8, 4) is 0 Å². The van der Waals surface area contributed by atoms with Crippen LogP contribution in [0.5, 0.6) is 0 Å². The van der Waals surface area contributed by atoms with Crippen LogP contribution in [0.15, 0.2) is 42.9 Å². The largest absolute Gasteiger partial charge is 0.345 e. The predicted molar refractivity (Wildman–Crippen MR) is 56.6 cm³/mol. The molecule has 72 valence electrons. The van der Waals surface area contributed by atoms with Gasteiger partial charge in [0.2, 0.25) is 0 Å². The number of carbonyl (C=O) groups excluding carboxylic acids is 1. The number of imidazole rings is 1. The van der Waals surface area contributed by atoms with Crippen LogP contribution in [0.25, 0.3) is 5.57 Å². The summed E-state index contributed by atoms with van der Waals surface area (Å²) in [5, 5.41) is 0. The first-order valence-electron chi connectivity index (χ1n) is 4.26. The van der Waals surface area contributed by atoms with Gasteiger partial charge in [0.25, 0.3) is 0 Å². The third kappa shape index (κ3) is 2.07. The van der Waals surface area contributed by atoms with Crippen LogP contribution in [-0.4, -0.2) is 16.3 Å². The molecule has 14 heavy (non-hydrogen) atoms. The van der Waals surface area contributed by atoms with E-state index >= 15 is 0 Å². The van der Waals surface area contributed by atoms with Gasteiger partial charge in [-0.15, -0.1) is 0 Å². The first kappa shape index (κ1) is 10.2. The van der Waals surface area contributed by atoms with Gasteiger partial charge in [0.05, 0.1) is 18.2 Å². The van der Waals surface area contributed by atoms with Crippen molar-refractivity contribution in [3.63, 3.8) is 0 Å². The number of aromatic nitrogens is 2. The van der Waals surface area contributed by atoms with Crippen LogP contribution in [-0.2, 0) is 4.79 Å². The van der Waals surface area contributed by atoms with Gasteiger partial charge >= 0.3 is 0 Å². The molecule has 0 bridgehead atoms. The molecule has 1 aromatic heterocycles. The predicted octanol–water partition coefficient (Wildman–Crippen LogP) is 2.12. The summed E-state index contributed by atoms with van der Waals surface area (Å²) in [5.74, 6) is 0. The number of allylic oxidation sites excluding steroid dienone is 5.